The van der Waals surface area contributed by atoms with Crippen LogP contribution in [-0.2, 0) is 6.42 Å². The molecular weight excluding hydrogens is 452 g/mol. The summed E-state index contributed by atoms with van der Waals surface area (Å²) in [5.74, 6) is -0.371. The zero-order chi connectivity index (χ0) is 25.1. The number of hydrogen-bond donors (Lipinski definition) is 3. The monoisotopic (exact) mass is 484 g/mol. The molecule has 186 valence electrons. The van der Waals surface area contributed by atoms with E-state index in [1.807, 2.05) is 24.3 Å². The van der Waals surface area contributed by atoms with Gasteiger partial charge in [0.15, 0.2) is 11.5 Å². The van der Waals surface area contributed by atoms with Crippen molar-refractivity contribution in [3.8, 4) is 11.3 Å². The number of likely N-dealkylation sites (tertiary alicyclic amines) is 1. The summed E-state index contributed by atoms with van der Waals surface area (Å²) in [6.07, 6.45) is 5.36. The van der Waals surface area contributed by atoms with Gasteiger partial charge in [-0.2, -0.15) is 0 Å². The fourth-order valence-corrected chi connectivity index (χ4v) is 5.19. The number of aromatic nitrogens is 2. The fourth-order valence-electron chi connectivity index (χ4n) is 5.19. The fraction of sp³-hybridized carbons (Fsp3) is 0.357. The first kappa shape index (κ1) is 23.9. The molecule has 1 saturated heterocycles. The second kappa shape index (κ2) is 10.5. The van der Waals surface area contributed by atoms with Crippen molar-refractivity contribution in [3.05, 3.63) is 77.1 Å². The van der Waals surface area contributed by atoms with Gasteiger partial charge in [-0.1, -0.05) is 43.3 Å². The van der Waals surface area contributed by atoms with Crippen LogP contribution in [0.3, 0.4) is 0 Å². The first-order valence-electron chi connectivity index (χ1n) is 12.7. The van der Waals surface area contributed by atoms with E-state index in [0.717, 1.165) is 45.3 Å². The minimum Gasteiger partial charge on any atom is -0.382 e. The van der Waals surface area contributed by atoms with Crippen LogP contribution < -0.4 is 16.4 Å². The Kier molecular flexibility index (Phi) is 6.95. The number of nitrogens with two attached hydrogens (primary N) is 1. The summed E-state index contributed by atoms with van der Waals surface area (Å²) >= 11 is 0. The van der Waals surface area contributed by atoms with Crippen molar-refractivity contribution < 1.29 is 9.59 Å². The Hall–Kier alpha value is -3.78. The number of nitrogens with zero attached hydrogens (tertiary/aromatic N) is 3. The van der Waals surface area contributed by atoms with E-state index < -0.39 is 0 Å². The van der Waals surface area contributed by atoms with Crippen LogP contribution in [-0.4, -0.2) is 52.4 Å². The van der Waals surface area contributed by atoms with Crippen molar-refractivity contribution in [2.24, 2.45) is 0 Å². The Balaban J connectivity index is 1.31. The maximum absolute atomic E-state index is 13.1. The number of amides is 2. The molecule has 2 aromatic carbocycles. The van der Waals surface area contributed by atoms with Crippen molar-refractivity contribution in [3.63, 3.8) is 0 Å². The number of nitrogen functional groups attached to an aromatic ring is 1. The molecule has 2 heterocycles. The van der Waals surface area contributed by atoms with Gasteiger partial charge in [0.2, 0.25) is 0 Å². The smallest absolute Gasteiger partial charge is 0.274 e. The van der Waals surface area contributed by atoms with Gasteiger partial charge in [-0.3, -0.25) is 9.59 Å². The summed E-state index contributed by atoms with van der Waals surface area (Å²) < 4.78 is 0. The predicted octanol–water partition coefficient (Wildman–Crippen LogP) is 3.36. The van der Waals surface area contributed by atoms with Crippen LogP contribution in [0, 0.1) is 0 Å². The molecule has 0 saturated carbocycles. The molecule has 8 nitrogen and oxygen atoms in total. The molecule has 1 fully saturated rings. The van der Waals surface area contributed by atoms with Crippen molar-refractivity contribution in [2.75, 3.05) is 25.4 Å². The number of fused-ring (bicyclic) bond motifs is 1. The molecule has 0 bridgehead atoms. The molecule has 2 aliphatic rings. The zero-order valence-electron chi connectivity index (χ0n) is 20.5. The van der Waals surface area contributed by atoms with Crippen molar-refractivity contribution in [2.45, 2.75) is 44.7 Å². The normalized spacial score (nSPS) is 19.5. The third-order valence-electron chi connectivity index (χ3n) is 7.16. The number of carbonyl (C=O) groups excluding carboxylic acids is 2. The molecule has 36 heavy (non-hydrogen) atoms. The van der Waals surface area contributed by atoms with E-state index in [1.54, 1.807) is 12.1 Å². The second-order valence-electron chi connectivity index (χ2n) is 9.54. The maximum Gasteiger partial charge on any atom is 0.274 e. The van der Waals surface area contributed by atoms with Crippen molar-refractivity contribution in [1.82, 2.24) is 25.5 Å². The molecule has 1 aliphatic heterocycles. The number of piperidine rings is 1. The maximum atomic E-state index is 13.1. The van der Waals surface area contributed by atoms with E-state index in [0.29, 0.717) is 16.8 Å². The van der Waals surface area contributed by atoms with Crippen LogP contribution in [0.2, 0.25) is 0 Å². The summed E-state index contributed by atoms with van der Waals surface area (Å²) in [6, 6.07) is 15.5. The summed E-state index contributed by atoms with van der Waals surface area (Å²) in [7, 11) is 0. The lowest BCUT2D eigenvalue weighted by Gasteiger charge is -2.32. The molecule has 1 aliphatic carbocycles. The quantitative estimate of drug-likeness (QED) is 0.495. The Morgan fingerprint density at radius 2 is 1.94 bits per heavy atom. The topological polar surface area (TPSA) is 113 Å². The van der Waals surface area contributed by atoms with Crippen molar-refractivity contribution in [1.29, 1.82) is 0 Å². The van der Waals surface area contributed by atoms with Crippen LogP contribution in [0.25, 0.3) is 11.3 Å². The van der Waals surface area contributed by atoms with Crippen LogP contribution in [0.4, 0.5) is 5.82 Å². The van der Waals surface area contributed by atoms with Gasteiger partial charge in [-0.05, 0) is 62.0 Å². The highest BCUT2D eigenvalue weighted by atomic mass is 16.2. The highest BCUT2D eigenvalue weighted by molar-refractivity contribution is 5.97. The molecule has 2 atom stereocenters. The minimum absolute atomic E-state index is 0.00684. The highest BCUT2D eigenvalue weighted by Crippen LogP contribution is 2.31. The van der Waals surface area contributed by atoms with Crippen LogP contribution in [0.1, 0.15) is 64.2 Å². The largest absolute Gasteiger partial charge is 0.382 e. The standard InChI is InChI=1S/C28H32N6O2/c1-2-34-14-6-10-21(17-34)31-28(36)25-26(29)30-16-24(32-25)19-8-5-9-20(15-19)27(35)33-23-13-12-18-7-3-4-11-22(18)23/h3-5,7-9,11,15-16,21,23H,2,6,10,12-14,17H2,1H3,(H2,29,30)(H,31,36)(H,33,35)/t21?,23-/m0/s1. The lowest BCUT2D eigenvalue weighted by atomic mass is 10.1. The Labute approximate surface area is 211 Å². The Bertz CT molecular complexity index is 1280. The molecular formula is C28H32N6O2. The van der Waals surface area contributed by atoms with E-state index in [1.165, 1.54) is 17.3 Å². The number of benzene rings is 2. The molecule has 5 rings (SSSR count). The van der Waals surface area contributed by atoms with E-state index in [9.17, 15) is 9.59 Å². The predicted molar refractivity (Wildman–Crippen MR) is 139 cm³/mol. The Morgan fingerprint density at radius 1 is 1.08 bits per heavy atom. The SMILES string of the molecule is CCN1CCCC(NC(=O)c2nc(-c3cccc(C(=O)N[C@H]4CCc5ccccc54)c3)cnc2N)C1. The molecule has 8 heteroatoms. The number of anilines is 1. The molecule has 0 radical (unpaired) electrons. The van der Waals surface area contributed by atoms with Gasteiger partial charge >= 0.3 is 0 Å². The summed E-state index contributed by atoms with van der Waals surface area (Å²) in [4.78, 5) is 37.1. The molecule has 4 N–H and O–H groups in total. The first-order chi connectivity index (χ1) is 17.5. The van der Waals surface area contributed by atoms with Gasteiger partial charge in [0.1, 0.15) is 0 Å². The number of carbonyl (C=O) groups is 2. The number of likely N-dealkylation sites (N-methyl/N-ethyl adjacent to an activating group) is 1. The average Bonchev–Trinajstić information content (AvgIpc) is 3.31. The van der Waals surface area contributed by atoms with Gasteiger partial charge in [0.25, 0.3) is 11.8 Å². The number of nitrogens with one attached hydrogen (secondary N) is 2. The lowest BCUT2D eigenvalue weighted by Crippen LogP contribution is -2.47. The van der Waals surface area contributed by atoms with Gasteiger partial charge in [0, 0.05) is 23.7 Å². The third-order valence-corrected chi connectivity index (χ3v) is 7.16. The third kappa shape index (κ3) is 5.09. The van der Waals surface area contributed by atoms with E-state index in [2.05, 4.69) is 44.6 Å². The van der Waals surface area contributed by atoms with E-state index in [4.69, 9.17) is 5.73 Å². The number of hydrogen-bond acceptors (Lipinski definition) is 6. The van der Waals surface area contributed by atoms with Crippen LogP contribution in [0.15, 0.2) is 54.7 Å². The van der Waals surface area contributed by atoms with E-state index in [-0.39, 0.29) is 35.4 Å². The lowest BCUT2D eigenvalue weighted by molar-refractivity contribution is 0.0899. The van der Waals surface area contributed by atoms with Crippen molar-refractivity contribution >= 4 is 17.6 Å². The van der Waals surface area contributed by atoms with Gasteiger partial charge in [0.05, 0.1) is 17.9 Å². The number of rotatable bonds is 6. The average molecular weight is 485 g/mol. The molecule has 2 amide bonds. The second-order valence-corrected chi connectivity index (χ2v) is 9.54. The van der Waals surface area contributed by atoms with Crippen LogP contribution in [0.5, 0.6) is 0 Å². The molecule has 3 aromatic rings. The molecule has 0 spiro atoms. The summed E-state index contributed by atoms with van der Waals surface area (Å²) in [5, 5.41) is 6.23. The van der Waals surface area contributed by atoms with Gasteiger partial charge in [-0.25, -0.2) is 9.97 Å². The minimum atomic E-state index is -0.321. The zero-order valence-corrected chi connectivity index (χ0v) is 20.5. The van der Waals surface area contributed by atoms with Gasteiger partial charge in [-0.15, -0.1) is 0 Å². The van der Waals surface area contributed by atoms with Gasteiger partial charge < -0.3 is 21.3 Å². The molecule has 1 aromatic heterocycles. The van der Waals surface area contributed by atoms with E-state index >= 15 is 0 Å². The number of aryl methyl sites for hydroxylation is 1. The summed E-state index contributed by atoms with van der Waals surface area (Å²) in [5.41, 5.74) is 10.3. The first-order valence-corrected chi connectivity index (χ1v) is 12.7. The summed E-state index contributed by atoms with van der Waals surface area (Å²) in [6.45, 7) is 4.95. The molecule has 1 unspecified atom stereocenters. The highest BCUT2D eigenvalue weighted by Gasteiger charge is 2.25. The van der Waals surface area contributed by atoms with Crippen LogP contribution >= 0.6 is 0 Å². The Morgan fingerprint density at radius 3 is 2.81 bits per heavy atom.